The van der Waals surface area contributed by atoms with E-state index in [1.165, 1.54) is 11.1 Å². The van der Waals surface area contributed by atoms with Gasteiger partial charge >= 0.3 is 0 Å². The molecule has 0 atom stereocenters. The lowest BCUT2D eigenvalue weighted by atomic mass is 10.2. The predicted molar refractivity (Wildman–Crippen MR) is 104 cm³/mol. The first-order chi connectivity index (χ1) is 12.8. The lowest BCUT2D eigenvalue weighted by Crippen LogP contribution is -2.13. The number of ether oxygens (including phenoxy) is 4. The Morgan fingerprint density at radius 3 is 1.19 bits per heavy atom. The molecule has 0 aromatic heterocycles. The standard InChI is InChI=1S/C22H30O4/c1-3-19-5-9-21(10-6-19)25-17-15-23-13-14-24-16-18-26-22-11-7-20(4-2)8-12-22/h5-12H,3-4,13-18H2,1-2H3. The number of aryl methyl sites for hydroxylation is 2. The highest BCUT2D eigenvalue weighted by molar-refractivity contribution is 5.27. The normalized spacial score (nSPS) is 10.7. The van der Waals surface area contributed by atoms with Gasteiger partial charge in [-0.2, -0.15) is 0 Å². The topological polar surface area (TPSA) is 36.9 Å². The molecule has 0 saturated heterocycles. The zero-order valence-corrected chi connectivity index (χ0v) is 15.9. The quantitative estimate of drug-likeness (QED) is 0.500. The van der Waals surface area contributed by atoms with Crippen LogP contribution >= 0.6 is 0 Å². The number of hydrogen-bond donors (Lipinski definition) is 0. The van der Waals surface area contributed by atoms with Crippen molar-refractivity contribution in [3.63, 3.8) is 0 Å². The van der Waals surface area contributed by atoms with Crippen molar-refractivity contribution in [3.8, 4) is 11.5 Å². The average Bonchev–Trinajstić information content (AvgIpc) is 2.70. The summed E-state index contributed by atoms with van der Waals surface area (Å²) < 4.78 is 22.3. The minimum Gasteiger partial charge on any atom is -0.491 e. The van der Waals surface area contributed by atoms with Crippen LogP contribution < -0.4 is 9.47 Å². The number of benzene rings is 2. The summed E-state index contributed by atoms with van der Waals surface area (Å²) in [5.74, 6) is 1.76. The third kappa shape index (κ3) is 7.89. The van der Waals surface area contributed by atoms with Crippen LogP contribution in [0.1, 0.15) is 25.0 Å². The van der Waals surface area contributed by atoms with Gasteiger partial charge in [-0.15, -0.1) is 0 Å². The zero-order valence-electron chi connectivity index (χ0n) is 15.9. The molecule has 4 heteroatoms. The van der Waals surface area contributed by atoms with Gasteiger partial charge in [0.2, 0.25) is 0 Å². The Bertz CT molecular complexity index is 537. The Balaban J connectivity index is 1.41. The van der Waals surface area contributed by atoms with E-state index in [1.54, 1.807) is 0 Å². The first kappa shape index (κ1) is 20.3. The molecule has 2 rings (SSSR count). The van der Waals surface area contributed by atoms with Gasteiger partial charge in [0.05, 0.1) is 26.4 Å². The summed E-state index contributed by atoms with van der Waals surface area (Å²) in [6.45, 7) is 7.60. The third-order valence-electron chi connectivity index (χ3n) is 4.03. The largest absolute Gasteiger partial charge is 0.491 e. The summed E-state index contributed by atoms with van der Waals surface area (Å²) in [6, 6.07) is 16.3. The van der Waals surface area contributed by atoms with E-state index >= 15 is 0 Å². The maximum Gasteiger partial charge on any atom is 0.119 e. The molecule has 0 bridgehead atoms. The molecule has 2 aromatic carbocycles. The van der Waals surface area contributed by atoms with E-state index < -0.39 is 0 Å². The van der Waals surface area contributed by atoms with E-state index in [0.717, 1.165) is 24.3 Å². The zero-order chi connectivity index (χ0) is 18.5. The van der Waals surface area contributed by atoms with E-state index in [-0.39, 0.29) is 0 Å². The summed E-state index contributed by atoms with van der Waals surface area (Å²) in [5.41, 5.74) is 2.63. The van der Waals surface area contributed by atoms with Crippen LogP contribution in [0.15, 0.2) is 48.5 Å². The molecule has 4 nitrogen and oxygen atoms in total. The van der Waals surface area contributed by atoms with Crippen LogP contribution in [0.3, 0.4) is 0 Å². The second-order valence-electron chi connectivity index (χ2n) is 5.92. The van der Waals surface area contributed by atoms with Gasteiger partial charge < -0.3 is 18.9 Å². The van der Waals surface area contributed by atoms with Crippen LogP contribution in [0.5, 0.6) is 11.5 Å². The van der Waals surface area contributed by atoms with Gasteiger partial charge in [0, 0.05) is 0 Å². The molecule has 0 radical (unpaired) electrons. The number of hydrogen-bond acceptors (Lipinski definition) is 4. The van der Waals surface area contributed by atoms with E-state index in [9.17, 15) is 0 Å². The van der Waals surface area contributed by atoms with E-state index in [2.05, 4.69) is 38.1 Å². The molecular weight excluding hydrogens is 328 g/mol. The Morgan fingerprint density at radius 1 is 0.500 bits per heavy atom. The van der Waals surface area contributed by atoms with Crippen molar-refractivity contribution in [3.05, 3.63) is 59.7 Å². The van der Waals surface area contributed by atoms with Gasteiger partial charge in [-0.3, -0.25) is 0 Å². The van der Waals surface area contributed by atoms with Crippen LogP contribution in [0.4, 0.5) is 0 Å². The molecule has 0 aliphatic carbocycles. The molecule has 142 valence electrons. The number of rotatable bonds is 13. The first-order valence-corrected chi connectivity index (χ1v) is 9.40. The molecule has 0 unspecified atom stereocenters. The van der Waals surface area contributed by atoms with Gasteiger partial charge in [0.25, 0.3) is 0 Å². The smallest absolute Gasteiger partial charge is 0.119 e. The fraction of sp³-hybridized carbons (Fsp3) is 0.455. The van der Waals surface area contributed by atoms with Gasteiger partial charge in [-0.25, -0.2) is 0 Å². The Kier molecular flexibility index (Phi) is 9.62. The van der Waals surface area contributed by atoms with Crippen LogP contribution in [0.2, 0.25) is 0 Å². The second-order valence-corrected chi connectivity index (χ2v) is 5.92. The molecule has 2 aromatic rings. The van der Waals surface area contributed by atoms with Crippen molar-refractivity contribution < 1.29 is 18.9 Å². The first-order valence-electron chi connectivity index (χ1n) is 9.40. The van der Waals surface area contributed by atoms with Gasteiger partial charge in [0.1, 0.15) is 24.7 Å². The molecule has 26 heavy (non-hydrogen) atoms. The second kappa shape index (κ2) is 12.3. The van der Waals surface area contributed by atoms with Crippen molar-refractivity contribution in [2.75, 3.05) is 39.6 Å². The van der Waals surface area contributed by atoms with Crippen LogP contribution in [-0.4, -0.2) is 39.6 Å². The molecular formula is C22H30O4. The summed E-state index contributed by atoms with van der Waals surface area (Å²) in [6.07, 6.45) is 2.08. The summed E-state index contributed by atoms with van der Waals surface area (Å²) >= 11 is 0. The molecule has 0 amide bonds. The summed E-state index contributed by atoms with van der Waals surface area (Å²) in [5, 5.41) is 0. The van der Waals surface area contributed by atoms with Crippen molar-refractivity contribution >= 4 is 0 Å². The minimum atomic E-state index is 0.544. The van der Waals surface area contributed by atoms with Crippen LogP contribution in [-0.2, 0) is 22.3 Å². The predicted octanol–water partition coefficient (Wildman–Crippen LogP) is 4.30. The van der Waals surface area contributed by atoms with Gasteiger partial charge in [-0.05, 0) is 48.2 Å². The fourth-order valence-electron chi connectivity index (χ4n) is 2.40. The van der Waals surface area contributed by atoms with E-state index in [0.29, 0.717) is 39.6 Å². The van der Waals surface area contributed by atoms with Crippen molar-refractivity contribution in [1.29, 1.82) is 0 Å². The van der Waals surface area contributed by atoms with Crippen LogP contribution in [0, 0.1) is 0 Å². The Hall–Kier alpha value is -2.04. The SMILES string of the molecule is CCc1ccc(OCCOCCOCCOc2ccc(CC)cc2)cc1. The minimum absolute atomic E-state index is 0.544. The van der Waals surface area contributed by atoms with Gasteiger partial charge in [-0.1, -0.05) is 38.1 Å². The highest BCUT2D eigenvalue weighted by Crippen LogP contribution is 2.13. The third-order valence-corrected chi connectivity index (χ3v) is 4.03. The van der Waals surface area contributed by atoms with Crippen molar-refractivity contribution in [2.24, 2.45) is 0 Å². The molecule has 0 heterocycles. The van der Waals surface area contributed by atoms with E-state index in [1.807, 2.05) is 24.3 Å². The van der Waals surface area contributed by atoms with Crippen LogP contribution in [0.25, 0.3) is 0 Å². The average molecular weight is 358 g/mol. The summed E-state index contributed by atoms with van der Waals surface area (Å²) in [4.78, 5) is 0. The molecule has 0 aliphatic rings. The lowest BCUT2D eigenvalue weighted by molar-refractivity contribution is 0.0273. The fourth-order valence-corrected chi connectivity index (χ4v) is 2.40. The molecule has 0 spiro atoms. The Labute approximate surface area is 157 Å². The molecule has 0 aliphatic heterocycles. The maximum absolute atomic E-state index is 5.63. The highest BCUT2D eigenvalue weighted by atomic mass is 16.6. The van der Waals surface area contributed by atoms with Crippen molar-refractivity contribution in [2.45, 2.75) is 26.7 Å². The highest BCUT2D eigenvalue weighted by Gasteiger charge is 1.97. The molecule has 0 fully saturated rings. The van der Waals surface area contributed by atoms with Gasteiger partial charge in [0.15, 0.2) is 0 Å². The van der Waals surface area contributed by atoms with Crippen molar-refractivity contribution in [1.82, 2.24) is 0 Å². The lowest BCUT2D eigenvalue weighted by Gasteiger charge is -2.09. The van der Waals surface area contributed by atoms with E-state index in [4.69, 9.17) is 18.9 Å². The molecule has 0 saturated carbocycles. The molecule has 0 N–H and O–H groups in total. The monoisotopic (exact) mass is 358 g/mol. The maximum atomic E-state index is 5.63. The summed E-state index contributed by atoms with van der Waals surface area (Å²) in [7, 11) is 0. The Morgan fingerprint density at radius 2 is 0.846 bits per heavy atom.